The third kappa shape index (κ3) is 62.8. The Morgan fingerprint density at radius 3 is 1.09 bits per heavy atom. The van der Waals surface area contributed by atoms with E-state index in [1.165, 1.54) is 308 Å². The van der Waals surface area contributed by atoms with Crippen LogP contribution in [0.3, 0.4) is 0 Å². The largest absolute Gasteiger partial charge is 0.466 e. The maximum absolute atomic E-state index is 13.1. The molecule has 1 amide bonds. The quantitative estimate of drug-likeness (QED) is 0.0195. The first-order valence-electron chi connectivity index (χ1n) is 42.2. The summed E-state index contributed by atoms with van der Waals surface area (Å²) in [6.07, 6.45) is 93.9. The zero-order valence-electron chi connectivity index (χ0n) is 64.0. The molecule has 0 aliphatic carbocycles. The monoisotopic (exact) mass is 1380 g/mol. The fourth-order valence-corrected chi connectivity index (χ4v) is 13.2. The number of allylic oxidation sites excluding steroid dienone is 11. The van der Waals surface area contributed by atoms with Crippen molar-refractivity contribution < 1.29 is 49.3 Å². The highest BCUT2D eigenvalue weighted by Crippen LogP contribution is 2.24. The second kappa shape index (κ2) is 75.3. The minimum absolute atomic E-state index is 0.0108. The molecule has 0 aromatic heterocycles. The summed E-state index contributed by atoms with van der Waals surface area (Å²) in [6.45, 7) is 4.33. The fraction of sp³-hybridized carbons (Fsp3) is 0.839. The number of esters is 1. The summed E-state index contributed by atoms with van der Waals surface area (Å²) in [7, 11) is 0. The predicted molar refractivity (Wildman–Crippen MR) is 416 cm³/mol. The lowest BCUT2D eigenvalue weighted by Gasteiger charge is -2.40. The number of nitrogens with one attached hydrogen (secondary N) is 1. The van der Waals surface area contributed by atoms with Crippen LogP contribution in [0.5, 0.6) is 0 Å². The highest BCUT2D eigenvalue weighted by molar-refractivity contribution is 5.76. The first kappa shape index (κ1) is 93.1. The number of hydrogen-bond donors (Lipinski definition) is 6. The van der Waals surface area contributed by atoms with Gasteiger partial charge in [-0.25, -0.2) is 0 Å². The molecule has 0 aromatic carbocycles. The average molecular weight is 1380 g/mol. The number of carbonyl (C=O) groups is 2. The second-order valence-electron chi connectivity index (χ2n) is 29.2. The van der Waals surface area contributed by atoms with E-state index in [-0.39, 0.29) is 18.5 Å². The lowest BCUT2D eigenvalue weighted by atomic mass is 9.99. The number of rotatable bonds is 75. The van der Waals surface area contributed by atoms with Crippen molar-refractivity contribution in [2.24, 2.45) is 0 Å². The molecule has 1 aliphatic rings. The Bertz CT molecular complexity index is 1860. The molecular formula is C87H159NO10. The molecular weight excluding hydrogens is 1220 g/mol. The molecule has 0 bridgehead atoms. The van der Waals surface area contributed by atoms with Gasteiger partial charge in [0.1, 0.15) is 24.4 Å². The highest BCUT2D eigenvalue weighted by atomic mass is 16.7. The van der Waals surface area contributed by atoms with E-state index in [2.05, 4.69) is 79.9 Å². The van der Waals surface area contributed by atoms with Crippen LogP contribution in [-0.2, 0) is 23.8 Å². The summed E-state index contributed by atoms with van der Waals surface area (Å²) in [5.41, 5.74) is 0. The van der Waals surface area contributed by atoms with E-state index in [0.717, 1.165) is 70.6 Å². The summed E-state index contributed by atoms with van der Waals surface area (Å²) in [4.78, 5) is 25.2. The van der Waals surface area contributed by atoms with Crippen LogP contribution < -0.4 is 5.32 Å². The molecule has 1 aliphatic heterocycles. The van der Waals surface area contributed by atoms with E-state index >= 15 is 0 Å². The van der Waals surface area contributed by atoms with Gasteiger partial charge in [-0.3, -0.25) is 9.59 Å². The van der Waals surface area contributed by atoms with Gasteiger partial charge in [0.05, 0.1) is 32.0 Å². The minimum Gasteiger partial charge on any atom is -0.466 e. The summed E-state index contributed by atoms with van der Waals surface area (Å²) in [5, 5.41) is 54.5. The number of carbonyl (C=O) groups excluding carboxylic acids is 2. The molecule has 7 unspecified atom stereocenters. The molecule has 1 saturated heterocycles. The topological polar surface area (TPSA) is 175 Å². The minimum atomic E-state index is -1.58. The van der Waals surface area contributed by atoms with E-state index in [1.54, 1.807) is 6.08 Å². The predicted octanol–water partition coefficient (Wildman–Crippen LogP) is 23.4. The SMILES string of the molecule is CCCCC/C=C\C/C=C\CCCCCCCCCCCC(=O)OCCCCCCCCCCCCCCCCC/C=C\C/C=C\CCCCCCCCCCCCCCCCCCCC(=O)NC(COC1OC(CO)C(O)C(O)C1O)C(O)/C=C/CC/C=C/CCCCCCCC. The Hall–Kier alpha value is -2.90. The van der Waals surface area contributed by atoms with Crippen molar-refractivity contribution in [2.45, 2.75) is 448 Å². The number of hydrogen-bond acceptors (Lipinski definition) is 10. The molecule has 98 heavy (non-hydrogen) atoms. The summed E-state index contributed by atoms with van der Waals surface area (Å²) in [6, 6.07) is -0.826. The molecule has 1 rings (SSSR count). The molecule has 11 nitrogen and oxygen atoms in total. The van der Waals surface area contributed by atoms with Crippen molar-refractivity contribution in [3.05, 3.63) is 72.9 Å². The number of aliphatic hydroxyl groups excluding tert-OH is 5. The molecule has 7 atom stereocenters. The lowest BCUT2D eigenvalue weighted by molar-refractivity contribution is -0.302. The number of ether oxygens (including phenoxy) is 3. The molecule has 1 fully saturated rings. The molecule has 0 spiro atoms. The first-order chi connectivity index (χ1) is 48.2. The zero-order valence-corrected chi connectivity index (χ0v) is 64.0. The van der Waals surface area contributed by atoms with Crippen molar-refractivity contribution in [3.8, 4) is 0 Å². The van der Waals surface area contributed by atoms with Crippen LogP contribution in [-0.4, -0.2) is 100 Å². The first-order valence-corrected chi connectivity index (χ1v) is 42.2. The standard InChI is InChI=1S/C87H159NO10/c1-3-5-7-9-11-13-15-17-18-19-41-45-48-51-55-59-63-67-71-75-83(92)96-76-72-68-64-60-56-52-49-46-43-40-38-36-34-32-30-28-26-24-22-20-21-23-25-27-29-31-33-35-37-39-42-44-47-50-54-58-62-66-70-74-82(91)88-79(78-97-87-86(95)85(94)84(93)81(77-89)98-87)80(90)73-69-65-61-57-53-16-14-12-10-8-6-4-2/h11,13,17-18,20-21,24,26,53,57,69,73,79-81,84-87,89-90,93-95H,3-10,12,14-16,19,22-23,25,27-52,54-56,58-68,70-72,74-78H2,1-2H3,(H,88,91)/b13-11-,18-17-,21-20-,26-24-,57-53+,73-69+. The van der Waals surface area contributed by atoms with Crippen LogP contribution in [0.1, 0.15) is 406 Å². The van der Waals surface area contributed by atoms with Crippen molar-refractivity contribution in [3.63, 3.8) is 0 Å². The molecule has 0 saturated carbocycles. The third-order valence-corrected chi connectivity index (χ3v) is 19.8. The molecule has 0 radical (unpaired) electrons. The smallest absolute Gasteiger partial charge is 0.305 e. The Labute approximate surface area is 604 Å². The summed E-state index contributed by atoms with van der Waals surface area (Å²) >= 11 is 0. The van der Waals surface area contributed by atoms with Crippen molar-refractivity contribution in [1.82, 2.24) is 5.32 Å². The van der Waals surface area contributed by atoms with Gasteiger partial charge >= 0.3 is 5.97 Å². The van der Waals surface area contributed by atoms with E-state index in [0.29, 0.717) is 19.4 Å². The normalized spacial score (nSPS) is 17.6. The van der Waals surface area contributed by atoms with Crippen LogP contribution in [0, 0.1) is 0 Å². The zero-order chi connectivity index (χ0) is 70.8. The van der Waals surface area contributed by atoms with Crippen molar-refractivity contribution in [2.75, 3.05) is 19.8 Å². The molecule has 11 heteroatoms. The number of unbranched alkanes of at least 4 members (excludes halogenated alkanes) is 51. The van der Waals surface area contributed by atoms with Gasteiger partial charge in [0.2, 0.25) is 5.91 Å². The van der Waals surface area contributed by atoms with E-state index in [1.807, 2.05) is 6.08 Å². The Morgan fingerprint density at radius 2 is 0.694 bits per heavy atom. The Balaban J connectivity index is 1.88. The molecule has 572 valence electrons. The van der Waals surface area contributed by atoms with Gasteiger partial charge in [0.25, 0.3) is 0 Å². The fourth-order valence-electron chi connectivity index (χ4n) is 13.2. The molecule has 6 N–H and O–H groups in total. The maximum Gasteiger partial charge on any atom is 0.305 e. The van der Waals surface area contributed by atoms with Crippen LogP contribution in [0.15, 0.2) is 72.9 Å². The Morgan fingerprint density at radius 1 is 0.378 bits per heavy atom. The van der Waals surface area contributed by atoms with E-state index in [9.17, 15) is 35.1 Å². The van der Waals surface area contributed by atoms with Gasteiger partial charge in [-0.1, -0.05) is 356 Å². The summed E-state index contributed by atoms with van der Waals surface area (Å²) in [5.74, 6) is -0.177. The van der Waals surface area contributed by atoms with Gasteiger partial charge in [-0.05, 0) is 109 Å². The van der Waals surface area contributed by atoms with E-state index < -0.39 is 49.5 Å². The lowest BCUT2D eigenvalue weighted by Crippen LogP contribution is -2.60. The van der Waals surface area contributed by atoms with Gasteiger partial charge in [-0.15, -0.1) is 0 Å². The van der Waals surface area contributed by atoms with Crippen LogP contribution in [0.4, 0.5) is 0 Å². The molecule has 0 aromatic rings. The van der Waals surface area contributed by atoms with Crippen LogP contribution in [0.2, 0.25) is 0 Å². The van der Waals surface area contributed by atoms with Gasteiger partial charge < -0.3 is 45.1 Å². The molecule has 1 heterocycles. The van der Waals surface area contributed by atoms with Crippen molar-refractivity contribution in [1.29, 1.82) is 0 Å². The second-order valence-corrected chi connectivity index (χ2v) is 29.2. The van der Waals surface area contributed by atoms with Crippen LogP contribution >= 0.6 is 0 Å². The number of amides is 1. The van der Waals surface area contributed by atoms with Gasteiger partial charge in [0, 0.05) is 12.8 Å². The van der Waals surface area contributed by atoms with E-state index in [4.69, 9.17) is 14.2 Å². The van der Waals surface area contributed by atoms with Gasteiger partial charge in [0.15, 0.2) is 6.29 Å². The maximum atomic E-state index is 13.1. The summed E-state index contributed by atoms with van der Waals surface area (Å²) < 4.78 is 16.8. The average Bonchev–Trinajstić information content (AvgIpc) is 0.832. The van der Waals surface area contributed by atoms with Gasteiger partial charge in [-0.2, -0.15) is 0 Å². The third-order valence-electron chi connectivity index (χ3n) is 19.8. The highest BCUT2D eigenvalue weighted by Gasteiger charge is 2.44. The van der Waals surface area contributed by atoms with Crippen LogP contribution in [0.25, 0.3) is 0 Å². The Kier molecular flexibility index (Phi) is 71.5. The van der Waals surface area contributed by atoms with Crippen molar-refractivity contribution >= 4 is 11.9 Å². The number of aliphatic hydroxyl groups is 5.